The minimum atomic E-state index is -0.654. The molecule has 0 aromatic carbocycles. The maximum absolute atomic E-state index is 11.3. The van der Waals surface area contributed by atoms with E-state index in [-0.39, 0.29) is 0 Å². The summed E-state index contributed by atoms with van der Waals surface area (Å²) in [5.74, 6) is -0.654. The van der Waals surface area contributed by atoms with Crippen molar-refractivity contribution in [3.05, 3.63) is 0 Å². The summed E-state index contributed by atoms with van der Waals surface area (Å²) in [5.41, 5.74) is -0.577. The molecule has 1 N–H and O–H groups in total. The third kappa shape index (κ3) is 3.21. The van der Waals surface area contributed by atoms with Crippen molar-refractivity contribution >= 4 is 5.97 Å². The average molecular weight is 227 g/mol. The van der Waals surface area contributed by atoms with Crippen LogP contribution in [0.15, 0.2) is 0 Å². The summed E-state index contributed by atoms with van der Waals surface area (Å²) in [7, 11) is 2.08. The van der Waals surface area contributed by atoms with E-state index >= 15 is 0 Å². The first-order valence-corrected chi connectivity index (χ1v) is 6.43. The summed E-state index contributed by atoms with van der Waals surface area (Å²) in [6, 6.07) is 0.607. The van der Waals surface area contributed by atoms with E-state index in [0.29, 0.717) is 12.6 Å². The first-order chi connectivity index (χ1) is 7.49. The molecule has 3 heteroatoms. The Kier molecular flexibility index (Phi) is 4.78. The average Bonchev–Trinajstić information content (AvgIpc) is 2.70. The minimum absolute atomic E-state index is 0.577. The molecule has 0 bridgehead atoms. The van der Waals surface area contributed by atoms with Crippen LogP contribution in [0.4, 0.5) is 0 Å². The van der Waals surface area contributed by atoms with Crippen LogP contribution < -0.4 is 0 Å². The van der Waals surface area contributed by atoms with E-state index < -0.39 is 11.4 Å². The van der Waals surface area contributed by atoms with Gasteiger partial charge in [0.25, 0.3) is 0 Å². The molecule has 3 nitrogen and oxygen atoms in total. The zero-order valence-electron chi connectivity index (χ0n) is 10.8. The van der Waals surface area contributed by atoms with E-state index in [0.717, 1.165) is 12.8 Å². The van der Waals surface area contributed by atoms with Gasteiger partial charge in [-0.2, -0.15) is 0 Å². The first kappa shape index (κ1) is 13.5. The van der Waals surface area contributed by atoms with Gasteiger partial charge in [0, 0.05) is 12.6 Å². The van der Waals surface area contributed by atoms with Gasteiger partial charge in [-0.1, -0.05) is 26.2 Å². The lowest BCUT2D eigenvalue weighted by Gasteiger charge is -2.33. The highest BCUT2D eigenvalue weighted by Gasteiger charge is 2.35. The predicted octanol–water partition coefficient (Wildman–Crippen LogP) is 2.75. The topological polar surface area (TPSA) is 40.5 Å². The van der Waals surface area contributed by atoms with Gasteiger partial charge in [-0.15, -0.1) is 0 Å². The molecule has 94 valence electrons. The van der Waals surface area contributed by atoms with Crippen LogP contribution in [-0.2, 0) is 4.79 Å². The molecule has 1 aliphatic rings. The SMILES string of the molecule is CCCC(C)(CN(C)C1CCCC1)C(=O)O. The lowest BCUT2D eigenvalue weighted by atomic mass is 9.85. The molecule has 1 unspecified atom stereocenters. The Bertz CT molecular complexity index is 236. The number of carboxylic acids is 1. The Hall–Kier alpha value is -0.570. The molecule has 1 atom stereocenters. The second kappa shape index (κ2) is 5.67. The second-order valence-corrected chi connectivity index (χ2v) is 5.47. The number of hydrogen-bond donors (Lipinski definition) is 1. The van der Waals surface area contributed by atoms with Crippen molar-refractivity contribution in [2.75, 3.05) is 13.6 Å². The summed E-state index contributed by atoms with van der Waals surface area (Å²) < 4.78 is 0. The number of rotatable bonds is 6. The van der Waals surface area contributed by atoms with Crippen LogP contribution in [0.3, 0.4) is 0 Å². The fourth-order valence-electron chi connectivity index (χ4n) is 2.83. The second-order valence-electron chi connectivity index (χ2n) is 5.47. The van der Waals surface area contributed by atoms with E-state index in [2.05, 4.69) is 18.9 Å². The van der Waals surface area contributed by atoms with Gasteiger partial charge in [0.2, 0.25) is 0 Å². The maximum atomic E-state index is 11.3. The number of nitrogens with zero attached hydrogens (tertiary/aromatic N) is 1. The molecule has 1 aliphatic carbocycles. The van der Waals surface area contributed by atoms with Crippen LogP contribution in [0.2, 0.25) is 0 Å². The molecule has 0 heterocycles. The standard InChI is InChI=1S/C13H25NO2/c1-4-9-13(2,12(15)16)10-14(3)11-7-5-6-8-11/h11H,4-10H2,1-3H3,(H,15,16). The van der Waals surface area contributed by atoms with E-state index in [1.165, 1.54) is 25.7 Å². The predicted molar refractivity (Wildman–Crippen MR) is 65.5 cm³/mol. The van der Waals surface area contributed by atoms with Crippen molar-refractivity contribution in [1.29, 1.82) is 0 Å². The molecule has 0 amide bonds. The van der Waals surface area contributed by atoms with Gasteiger partial charge in [0.05, 0.1) is 5.41 Å². The van der Waals surface area contributed by atoms with Gasteiger partial charge >= 0.3 is 5.97 Å². The van der Waals surface area contributed by atoms with Gasteiger partial charge in [0.1, 0.15) is 0 Å². The largest absolute Gasteiger partial charge is 0.481 e. The normalized spacial score (nSPS) is 21.2. The Morgan fingerprint density at radius 1 is 1.44 bits per heavy atom. The van der Waals surface area contributed by atoms with Crippen molar-refractivity contribution in [3.63, 3.8) is 0 Å². The summed E-state index contributed by atoms with van der Waals surface area (Å²) in [6.07, 6.45) is 6.76. The van der Waals surface area contributed by atoms with Gasteiger partial charge in [-0.25, -0.2) is 0 Å². The maximum Gasteiger partial charge on any atom is 0.310 e. The third-order valence-corrected chi connectivity index (χ3v) is 3.86. The van der Waals surface area contributed by atoms with Crippen molar-refractivity contribution in [1.82, 2.24) is 4.90 Å². The smallest absolute Gasteiger partial charge is 0.310 e. The van der Waals surface area contributed by atoms with Gasteiger partial charge < -0.3 is 10.0 Å². The summed E-state index contributed by atoms with van der Waals surface area (Å²) >= 11 is 0. The molecule has 0 aromatic heterocycles. The Labute approximate surface area is 98.8 Å². The molecule has 0 radical (unpaired) electrons. The third-order valence-electron chi connectivity index (χ3n) is 3.86. The molecule has 1 saturated carbocycles. The molecular weight excluding hydrogens is 202 g/mol. The van der Waals surface area contributed by atoms with Crippen molar-refractivity contribution < 1.29 is 9.90 Å². The van der Waals surface area contributed by atoms with E-state index in [4.69, 9.17) is 0 Å². The lowest BCUT2D eigenvalue weighted by molar-refractivity contribution is -0.149. The highest BCUT2D eigenvalue weighted by Crippen LogP contribution is 2.29. The molecule has 1 fully saturated rings. The molecule has 0 saturated heterocycles. The number of carbonyl (C=O) groups is 1. The fourth-order valence-corrected chi connectivity index (χ4v) is 2.83. The van der Waals surface area contributed by atoms with E-state index in [1.54, 1.807) is 0 Å². The van der Waals surface area contributed by atoms with Crippen LogP contribution in [0.5, 0.6) is 0 Å². The number of hydrogen-bond acceptors (Lipinski definition) is 2. The summed E-state index contributed by atoms with van der Waals surface area (Å²) in [4.78, 5) is 13.6. The Balaban J connectivity index is 2.56. The monoisotopic (exact) mass is 227 g/mol. The van der Waals surface area contributed by atoms with Crippen molar-refractivity contribution in [3.8, 4) is 0 Å². The molecule has 0 aliphatic heterocycles. The summed E-state index contributed by atoms with van der Waals surface area (Å²) in [5, 5.41) is 9.33. The molecule has 0 aromatic rings. The zero-order valence-corrected chi connectivity index (χ0v) is 10.8. The van der Waals surface area contributed by atoms with Crippen LogP contribution >= 0.6 is 0 Å². The van der Waals surface area contributed by atoms with Gasteiger partial charge in [0.15, 0.2) is 0 Å². The molecule has 0 spiro atoms. The quantitative estimate of drug-likeness (QED) is 0.758. The van der Waals surface area contributed by atoms with Crippen LogP contribution in [-0.4, -0.2) is 35.6 Å². The highest BCUT2D eigenvalue weighted by atomic mass is 16.4. The number of aliphatic carboxylic acids is 1. The van der Waals surface area contributed by atoms with Crippen molar-refractivity contribution in [2.45, 2.75) is 58.4 Å². The first-order valence-electron chi connectivity index (χ1n) is 6.43. The molecule has 16 heavy (non-hydrogen) atoms. The van der Waals surface area contributed by atoms with E-state index in [1.807, 2.05) is 6.92 Å². The summed E-state index contributed by atoms with van der Waals surface area (Å²) in [6.45, 7) is 4.61. The Morgan fingerprint density at radius 2 is 2.00 bits per heavy atom. The van der Waals surface area contributed by atoms with Crippen LogP contribution in [0.1, 0.15) is 52.4 Å². The van der Waals surface area contributed by atoms with Gasteiger partial charge in [-0.3, -0.25) is 4.79 Å². The Morgan fingerprint density at radius 3 is 2.44 bits per heavy atom. The zero-order chi connectivity index (χ0) is 12.2. The fraction of sp³-hybridized carbons (Fsp3) is 0.923. The highest BCUT2D eigenvalue weighted by molar-refractivity contribution is 5.74. The van der Waals surface area contributed by atoms with Crippen LogP contribution in [0, 0.1) is 5.41 Å². The van der Waals surface area contributed by atoms with E-state index in [9.17, 15) is 9.90 Å². The van der Waals surface area contributed by atoms with Crippen LogP contribution in [0.25, 0.3) is 0 Å². The molecular formula is C13H25NO2. The lowest BCUT2D eigenvalue weighted by Crippen LogP contribution is -2.43. The van der Waals surface area contributed by atoms with Gasteiger partial charge in [-0.05, 0) is 33.2 Å². The van der Waals surface area contributed by atoms with Crippen molar-refractivity contribution in [2.24, 2.45) is 5.41 Å². The number of carboxylic acid groups (broad SMARTS) is 1. The molecule has 1 rings (SSSR count). The minimum Gasteiger partial charge on any atom is -0.481 e.